The van der Waals surface area contributed by atoms with Gasteiger partial charge in [0, 0.05) is 87.0 Å². The zero-order valence-corrected chi connectivity index (χ0v) is 39.0. The fourth-order valence-corrected chi connectivity index (χ4v) is 10.5. The molecule has 6 heterocycles. The largest absolute Gasteiger partial charge is 0.375 e. The number of fused-ring (bicyclic) bond motifs is 6. The number of aromatic nitrogens is 1. The summed E-state index contributed by atoms with van der Waals surface area (Å²) in [6.45, 7) is 12.9. The number of methoxy groups -OCH3 is 1. The minimum Gasteiger partial charge on any atom is -0.375 e. The molecule has 1 aromatic heterocycles. The number of nitrogens with one attached hydrogen (secondary N) is 2. The van der Waals surface area contributed by atoms with Crippen LogP contribution in [0.2, 0.25) is 0 Å². The maximum atomic E-state index is 14.7. The Kier molecular flexibility index (Phi) is 12.8. The first-order valence-corrected chi connectivity index (χ1v) is 23.0. The second-order valence-electron chi connectivity index (χ2n) is 19.6. The minimum atomic E-state index is -1.04. The number of aliphatic imine (C=N–C) groups is 1. The number of nitrogens with zero attached hydrogens (tertiary/aromatic N) is 6. The van der Waals surface area contributed by atoms with Crippen LogP contribution in [0.1, 0.15) is 90.5 Å². The second-order valence-corrected chi connectivity index (χ2v) is 19.6. The maximum Gasteiger partial charge on any atom is 0.326 e. The molecule has 3 aromatic rings. The fraction of sp³-hybridized carbons (Fsp3) is 0.540. The van der Waals surface area contributed by atoms with E-state index in [1.807, 2.05) is 39.1 Å². The molecule has 6 bridgehead atoms. The molecule has 8 rings (SSSR count). The van der Waals surface area contributed by atoms with E-state index in [4.69, 9.17) is 14.6 Å². The van der Waals surface area contributed by atoms with Gasteiger partial charge >= 0.3 is 6.17 Å². The number of aryl methyl sites for hydroxylation is 1. The van der Waals surface area contributed by atoms with Crippen molar-refractivity contribution in [3.05, 3.63) is 69.9 Å². The lowest BCUT2D eigenvalue weighted by atomic mass is 9.78. The number of amides is 4. The van der Waals surface area contributed by atoms with Crippen LogP contribution in [0.15, 0.2) is 53.2 Å². The first-order chi connectivity index (χ1) is 31.0. The van der Waals surface area contributed by atoms with Gasteiger partial charge in [-0.2, -0.15) is 5.43 Å². The Morgan fingerprint density at radius 2 is 1.85 bits per heavy atom. The van der Waals surface area contributed by atoms with E-state index < -0.39 is 40.9 Å². The van der Waals surface area contributed by atoms with Crippen LogP contribution < -0.4 is 10.7 Å². The average molecular weight is 888 g/mol. The van der Waals surface area contributed by atoms with Crippen molar-refractivity contribution in [1.82, 2.24) is 30.1 Å². The number of likely N-dealkylation sites (tertiary alicyclic amines) is 2. The smallest absolute Gasteiger partial charge is 0.326 e. The van der Waals surface area contributed by atoms with Crippen molar-refractivity contribution in [3.8, 4) is 23.0 Å². The van der Waals surface area contributed by atoms with Gasteiger partial charge in [0.2, 0.25) is 16.7 Å². The third-order valence-corrected chi connectivity index (χ3v) is 13.9. The van der Waals surface area contributed by atoms with Crippen LogP contribution in [0.25, 0.3) is 27.6 Å². The number of benzene rings is 2. The van der Waals surface area contributed by atoms with Crippen LogP contribution in [0.4, 0.5) is 0 Å². The Morgan fingerprint density at radius 1 is 1.08 bits per heavy atom. The number of ether oxygens (including phenoxy) is 1. The minimum absolute atomic E-state index is 0.117. The van der Waals surface area contributed by atoms with Crippen molar-refractivity contribution >= 4 is 46.3 Å². The highest BCUT2D eigenvalue weighted by molar-refractivity contribution is 5.99. The molecular weight excluding hydrogens is 825 g/mol. The number of hydrogen-bond acceptors (Lipinski definition) is 9. The van der Waals surface area contributed by atoms with Gasteiger partial charge < -0.3 is 24.4 Å². The summed E-state index contributed by atoms with van der Waals surface area (Å²) in [5.41, 5.74) is 10.0. The molecule has 0 saturated carbocycles. The molecule has 0 radical (unpaired) electrons. The third-order valence-electron chi connectivity index (χ3n) is 13.9. The van der Waals surface area contributed by atoms with Crippen molar-refractivity contribution in [1.29, 1.82) is 0 Å². The summed E-state index contributed by atoms with van der Waals surface area (Å²) < 4.78 is 8.08. The van der Waals surface area contributed by atoms with Crippen LogP contribution in [0.3, 0.4) is 0 Å². The summed E-state index contributed by atoms with van der Waals surface area (Å²) in [7, 11) is 3.80. The standard InChI is InChI=1S/C50H62N8O7/c1-9-13-42(59)55-28-50(29-55)20-23-56(48(50)62)44(31(2)3)46(60)52-39-25-33-14-10-15-34(24-33)35-18-19-40-37(26-35)38(45(54(40)7)36-16-11-21-51-43(36)32(4)64-8)27-49(5,6)30-65-58(63)41-17-12-22-57(53-41)47(39)61/h10,14-15,18-19,21,24,26,31-32,39,41,44,53H,11-12,16-17,20,22-23,25,27-30H2,1-8H3/p+1/t32-,39-,41+,44-/m0/s1. The van der Waals surface area contributed by atoms with Gasteiger partial charge in [0.1, 0.15) is 12.1 Å². The van der Waals surface area contributed by atoms with Gasteiger partial charge in [-0.25, -0.2) is 4.84 Å². The fourth-order valence-electron chi connectivity index (χ4n) is 10.5. The zero-order chi connectivity index (χ0) is 46.4. The first kappa shape index (κ1) is 45.7. The quantitative estimate of drug-likeness (QED) is 0.302. The maximum absolute atomic E-state index is 14.7. The van der Waals surface area contributed by atoms with Crippen LogP contribution in [-0.2, 0) is 48.6 Å². The molecule has 3 saturated heterocycles. The molecule has 15 nitrogen and oxygen atoms in total. The van der Waals surface area contributed by atoms with E-state index in [2.05, 4.69) is 78.4 Å². The van der Waals surface area contributed by atoms with Gasteiger partial charge in [-0.1, -0.05) is 63.9 Å². The van der Waals surface area contributed by atoms with E-state index in [1.54, 1.807) is 23.8 Å². The molecule has 2 N–H and O–H groups in total. The molecule has 4 amide bonds. The molecule has 3 fully saturated rings. The molecule has 5 aliphatic heterocycles. The summed E-state index contributed by atoms with van der Waals surface area (Å²) in [5, 5.41) is 5.61. The van der Waals surface area contributed by atoms with E-state index in [0.717, 1.165) is 63.0 Å². The molecule has 5 aliphatic rings. The SMILES string of the molecule is CC#CC(=O)N1CC2(CCN([C@H](C(=O)N[C@H]3Cc4cccc(c4)-c4ccc5c(c4)c(c(C4=C([C@H](C)OC)N=CCC4)n5C)CC(C)(C)CO[N+](=O)[C@@H]4CCCN(N4)C3=O)C(C)C)C2=O)C1. The number of carbonyl (C=O) groups is 4. The average Bonchev–Trinajstić information content (AvgIpc) is 3.75. The van der Waals surface area contributed by atoms with E-state index in [0.29, 0.717) is 43.7 Å². The highest BCUT2D eigenvalue weighted by Crippen LogP contribution is 2.43. The lowest BCUT2D eigenvalue weighted by Gasteiger charge is -2.46. The van der Waals surface area contributed by atoms with Crippen molar-refractivity contribution in [2.24, 2.45) is 28.8 Å². The molecule has 0 aliphatic carbocycles. The molecule has 0 unspecified atom stereocenters. The normalized spacial score (nSPS) is 22.9. The van der Waals surface area contributed by atoms with Crippen LogP contribution in [0.5, 0.6) is 0 Å². The van der Waals surface area contributed by atoms with E-state index in [-0.39, 0.29) is 50.0 Å². The monoisotopic (exact) mass is 887 g/mol. The highest BCUT2D eigenvalue weighted by atomic mass is 16.8. The Balaban J connectivity index is 1.16. The van der Waals surface area contributed by atoms with E-state index >= 15 is 0 Å². The van der Waals surface area contributed by atoms with Gasteiger partial charge in [0.05, 0.1) is 22.1 Å². The molecular formula is C50H63N8O7+. The Morgan fingerprint density at radius 3 is 2.58 bits per heavy atom. The molecule has 2 aromatic carbocycles. The van der Waals surface area contributed by atoms with Crippen molar-refractivity contribution in [2.45, 2.75) is 111 Å². The Hall–Kier alpha value is -5.85. The van der Waals surface area contributed by atoms with Crippen molar-refractivity contribution < 1.29 is 33.7 Å². The number of hydrazine groups is 1. The summed E-state index contributed by atoms with van der Waals surface area (Å²) in [4.78, 5) is 84.3. The summed E-state index contributed by atoms with van der Waals surface area (Å²) >= 11 is 0. The topological polar surface area (TPSA) is 158 Å². The van der Waals surface area contributed by atoms with Crippen LogP contribution in [0, 0.1) is 33.5 Å². The molecule has 4 atom stereocenters. The molecule has 15 heteroatoms. The lowest BCUT2D eigenvalue weighted by Crippen LogP contribution is -2.64. The highest BCUT2D eigenvalue weighted by Gasteiger charge is 2.58. The van der Waals surface area contributed by atoms with Gasteiger partial charge in [0.25, 0.3) is 11.8 Å². The van der Waals surface area contributed by atoms with E-state index in [9.17, 15) is 24.1 Å². The predicted molar refractivity (Wildman–Crippen MR) is 247 cm³/mol. The number of carbonyl (C=O) groups excluding carboxylic acids is 4. The molecule has 65 heavy (non-hydrogen) atoms. The summed E-state index contributed by atoms with van der Waals surface area (Å²) in [6.07, 6.45) is 4.80. The molecule has 1 spiro atoms. The van der Waals surface area contributed by atoms with E-state index in [1.165, 1.54) is 5.01 Å². The van der Waals surface area contributed by atoms with Crippen LogP contribution in [-0.4, -0.2) is 118 Å². The first-order valence-electron chi connectivity index (χ1n) is 23.0. The van der Waals surface area contributed by atoms with Crippen molar-refractivity contribution in [2.75, 3.05) is 39.9 Å². The number of rotatable bonds is 7. The third kappa shape index (κ3) is 8.82. The Labute approximate surface area is 381 Å². The predicted octanol–water partition coefficient (Wildman–Crippen LogP) is 5.34. The lowest BCUT2D eigenvalue weighted by molar-refractivity contribution is -0.835. The van der Waals surface area contributed by atoms with Gasteiger partial charge in [-0.05, 0) is 92.2 Å². The Bertz CT molecular complexity index is 2540. The summed E-state index contributed by atoms with van der Waals surface area (Å²) in [5.74, 6) is 3.60. The zero-order valence-electron chi connectivity index (χ0n) is 39.0. The summed E-state index contributed by atoms with van der Waals surface area (Å²) in [6, 6.07) is 12.7. The molecule has 344 valence electrons. The number of allylic oxidation sites excluding steroid dienone is 1. The van der Waals surface area contributed by atoms with Gasteiger partial charge in [-0.3, -0.25) is 29.2 Å². The van der Waals surface area contributed by atoms with Gasteiger partial charge in [0.15, 0.2) is 6.61 Å². The van der Waals surface area contributed by atoms with Gasteiger partial charge in [-0.15, -0.1) is 0 Å². The van der Waals surface area contributed by atoms with Crippen molar-refractivity contribution in [3.63, 3.8) is 0 Å². The van der Waals surface area contributed by atoms with Crippen LogP contribution >= 0.6 is 0 Å². The number of hydrogen-bond donors (Lipinski definition) is 2. The second kappa shape index (κ2) is 18.2.